The number of anilines is 1. The highest BCUT2D eigenvalue weighted by molar-refractivity contribution is 7.99. The van der Waals surface area contributed by atoms with Gasteiger partial charge in [0.25, 0.3) is 0 Å². The maximum Gasteiger partial charge on any atom is 0.232 e. The molecule has 1 N–H and O–H groups in total. The Labute approximate surface area is 174 Å². The minimum atomic E-state index is -0.129. The van der Waals surface area contributed by atoms with E-state index in [9.17, 15) is 4.79 Å². The number of benzene rings is 1. The third-order valence-electron chi connectivity index (χ3n) is 4.65. The van der Waals surface area contributed by atoms with Crippen molar-refractivity contribution in [2.75, 3.05) is 5.32 Å². The Kier molecular flexibility index (Phi) is 4.80. The van der Waals surface area contributed by atoms with Gasteiger partial charge in [-0.3, -0.25) is 4.79 Å². The van der Waals surface area contributed by atoms with Gasteiger partial charge in [0, 0.05) is 17.9 Å². The third-order valence-corrected chi connectivity index (χ3v) is 6.51. The number of fused-ring (bicyclic) bond motifs is 2. The van der Waals surface area contributed by atoms with E-state index < -0.39 is 0 Å². The van der Waals surface area contributed by atoms with Crippen LogP contribution in [0, 0.1) is 0 Å². The number of nitrogens with zero attached hydrogens (tertiary/aromatic N) is 5. The number of ether oxygens (including phenoxy) is 1. The predicted octanol–water partition coefficient (Wildman–Crippen LogP) is 4.17. The van der Waals surface area contributed by atoms with E-state index in [2.05, 4.69) is 25.6 Å². The van der Waals surface area contributed by atoms with Gasteiger partial charge in [-0.05, 0) is 61.7 Å². The monoisotopic (exact) mass is 426 g/mol. The number of aromatic nitrogens is 5. The average molecular weight is 427 g/mol. The Hall–Kier alpha value is -2.72. The molecule has 10 heteroatoms. The van der Waals surface area contributed by atoms with Crippen LogP contribution in [0.5, 0.6) is 5.88 Å². The summed E-state index contributed by atoms with van der Waals surface area (Å²) in [7, 11) is 0. The minimum absolute atomic E-state index is 0.129. The van der Waals surface area contributed by atoms with Gasteiger partial charge in [0.15, 0.2) is 10.8 Å². The lowest BCUT2D eigenvalue weighted by Crippen LogP contribution is -2.12. The van der Waals surface area contributed by atoms with Crippen molar-refractivity contribution in [3.63, 3.8) is 0 Å². The van der Waals surface area contributed by atoms with E-state index in [1.165, 1.54) is 42.9 Å². The zero-order chi connectivity index (χ0) is 19.8. The Balaban J connectivity index is 1.40. The molecule has 3 aromatic heterocycles. The van der Waals surface area contributed by atoms with Crippen molar-refractivity contribution in [3.8, 4) is 5.88 Å². The summed E-state index contributed by atoms with van der Waals surface area (Å²) in [5, 5.41) is 17.1. The second-order valence-corrected chi connectivity index (χ2v) is 8.95. The molecule has 1 amide bonds. The van der Waals surface area contributed by atoms with Gasteiger partial charge in [0.05, 0.1) is 10.2 Å². The summed E-state index contributed by atoms with van der Waals surface area (Å²) in [6, 6.07) is 9.67. The highest BCUT2D eigenvalue weighted by atomic mass is 32.2. The number of thiazole rings is 1. The lowest BCUT2D eigenvalue weighted by atomic mass is 10.3. The van der Waals surface area contributed by atoms with Gasteiger partial charge < -0.3 is 10.1 Å². The van der Waals surface area contributed by atoms with E-state index in [0.717, 1.165) is 28.0 Å². The standard InChI is InChI=1S/C19H18N6O2S2/c1-11(26)20-18-21-14-7-6-13(10-15(14)29-18)28-19-23-22-16-8-9-17(24-25(16)19)27-12-4-2-3-5-12/h6-10,12H,2-5H2,1H3,(H,20,21,26). The average Bonchev–Trinajstić information content (AvgIpc) is 3.41. The van der Waals surface area contributed by atoms with E-state index >= 15 is 0 Å². The van der Waals surface area contributed by atoms with Gasteiger partial charge in [-0.25, -0.2) is 4.98 Å². The molecule has 148 valence electrons. The Bertz CT molecular complexity index is 1200. The van der Waals surface area contributed by atoms with Crippen molar-refractivity contribution in [3.05, 3.63) is 30.3 Å². The van der Waals surface area contributed by atoms with Crippen LogP contribution in [0.1, 0.15) is 32.6 Å². The number of hydrogen-bond donors (Lipinski definition) is 1. The van der Waals surface area contributed by atoms with Crippen LogP contribution >= 0.6 is 23.1 Å². The van der Waals surface area contributed by atoms with Crippen LogP contribution in [0.25, 0.3) is 15.9 Å². The molecule has 29 heavy (non-hydrogen) atoms. The SMILES string of the molecule is CC(=O)Nc1nc2ccc(Sc3nnc4ccc(OC5CCCC5)nn34)cc2s1. The molecule has 0 radical (unpaired) electrons. The summed E-state index contributed by atoms with van der Waals surface area (Å²) >= 11 is 2.92. The van der Waals surface area contributed by atoms with Crippen LogP contribution < -0.4 is 10.1 Å². The zero-order valence-electron chi connectivity index (χ0n) is 15.7. The van der Waals surface area contributed by atoms with Crippen molar-refractivity contribution in [2.45, 2.75) is 48.8 Å². The van der Waals surface area contributed by atoms with Gasteiger partial charge in [-0.1, -0.05) is 11.3 Å². The van der Waals surface area contributed by atoms with Crippen LogP contribution in [-0.4, -0.2) is 36.8 Å². The van der Waals surface area contributed by atoms with Crippen LogP contribution in [0.3, 0.4) is 0 Å². The molecule has 1 saturated carbocycles. The Morgan fingerprint density at radius 2 is 2.10 bits per heavy atom. The highest BCUT2D eigenvalue weighted by Gasteiger charge is 2.18. The maximum absolute atomic E-state index is 11.2. The van der Waals surface area contributed by atoms with E-state index in [1.807, 2.05) is 30.3 Å². The lowest BCUT2D eigenvalue weighted by Gasteiger charge is -2.11. The number of hydrogen-bond acceptors (Lipinski definition) is 8. The number of nitrogens with one attached hydrogen (secondary N) is 1. The molecule has 0 unspecified atom stereocenters. The van der Waals surface area contributed by atoms with Crippen LogP contribution in [0.4, 0.5) is 5.13 Å². The molecular weight excluding hydrogens is 408 g/mol. The second kappa shape index (κ2) is 7.60. The van der Waals surface area contributed by atoms with Crippen LogP contribution in [0.15, 0.2) is 40.4 Å². The molecule has 1 fully saturated rings. The fourth-order valence-electron chi connectivity index (χ4n) is 3.33. The summed E-state index contributed by atoms with van der Waals surface area (Å²) in [4.78, 5) is 16.7. The molecule has 1 aliphatic carbocycles. The van der Waals surface area contributed by atoms with Crippen LogP contribution in [-0.2, 0) is 4.79 Å². The second-order valence-electron chi connectivity index (χ2n) is 6.88. The highest BCUT2D eigenvalue weighted by Crippen LogP contribution is 2.33. The molecule has 0 saturated heterocycles. The summed E-state index contributed by atoms with van der Waals surface area (Å²) in [6.07, 6.45) is 4.84. The number of rotatable bonds is 5. The van der Waals surface area contributed by atoms with E-state index in [0.29, 0.717) is 21.8 Å². The molecule has 5 rings (SSSR count). The fourth-order valence-corrected chi connectivity index (χ4v) is 5.19. The summed E-state index contributed by atoms with van der Waals surface area (Å²) in [6.45, 7) is 1.47. The Morgan fingerprint density at radius 3 is 2.93 bits per heavy atom. The maximum atomic E-state index is 11.2. The van der Waals surface area contributed by atoms with Crippen molar-refractivity contribution >= 4 is 50.0 Å². The van der Waals surface area contributed by atoms with Crippen molar-refractivity contribution in [2.24, 2.45) is 0 Å². The molecule has 8 nitrogen and oxygen atoms in total. The van der Waals surface area contributed by atoms with E-state index in [1.54, 1.807) is 4.52 Å². The van der Waals surface area contributed by atoms with Gasteiger partial charge in [-0.15, -0.1) is 15.3 Å². The normalized spacial score (nSPS) is 14.7. The number of carbonyl (C=O) groups is 1. The first kappa shape index (κ1) is 18.3. The summed E-state index contributed by atoms with van der Waals surface area (Å²) in [5.41, 5.74) is 1.53. The molecule has 0 spiro atoms. The Morgan fingerprint density at radius 1 is 1.24 bits per heavy atom. The van der Waals surface area contributed by atoms with Crippen molar-refractivity contribution in [1.82, 2.24) is 24.8 Å². The molecule has 1 aliphatic rings. The summed E-state index contributed by atoms with van der Waals surface area (Å²) < 4.78 is 8.72. The molecular formula is C19H18N6O2S2. The quantitative estimate of drug-likeness (QED) is 0.512. The van der Waals surface area contributed by atoms with Gasteiger partial charge in [0.2, 0.25) is 16.9 Å². The fraction of sp³-hybridized carbons (Fsp3) is 0.316. The molecule has 0 aliphatic heterocycles. The topological polar surface area (TPSA) is 94.3 Å². The lowest BCUT2D eigenvalue weighted by molar-refractivity contribution is -0.114. The van der Waals surface area contributed by atoms with E-state index in [4.69, 9.17) is 4.74 Å². The number of carbonyl (C=O) groups excluding carboxylic acids is 1. The van der Waals surface area contributed by atoms with Gasteiger partial charge in [0.1, 0.15) is 6.10 Å². The zero-order valence-corrected chi connectivity index (χ0v) is 17.3. The van der Waals surface area contributed by atoms with E-state index in [-0.39, 0.29) is 12.0 Å². The molecule has 3 heterocycles. The smallest absolute Gasteiger partial charge is 0.232 e. The van der Waals surface area contributed by atoms with Crippen molar-refractivity contribution < 1.29 is 9.53 Å². The van der Waals surface area contributed by atoms with Gasteiger partial charge in [-0.2, -0.15) is 4.52 Å². The predicted molar refractivity (Wildman–Crippen MR) is 112 cm³/mol. The molecule has 1 aromatic carbocycles. The number of amides is 1. The van der Waals surface area contributed by atoms with Crippen molar-refractivity contribution in [1.29, 1.82) is 0 Å². The molecule has 0 atom stereocenters. The first-order chi connectivity index (χ1) is 14.1. The molecule has 4 aromatic rings. The summed E-state index contributed by atoms with van der Waals surface area (Å²) in [5.74, 6) is 0.471. The minimum Gasteiger partial charge on any atom is -0.473 e. The molecule has 0 bridgehead atoms. The first-order valence-electron chi connectivity index (χ1n) is 9.39. The first-order valence-corrected chi connectivity index (χ1v) is 11.0. The van der Waals surface area contributed by atoms with Crippen LogP contribution in [0.2, 0.25) is 0 Å². The largest absolute Gasteiger partial charge is 0.473 e. The third kappa shape index (κ3) is 3.90. The van der Waals surface area contributed by atoms with Gasteiger partial charge >= 0.3 is 0 Å².